The summed E-state index contributed by atoms with van der Waals surface area (Å²) in [5.41, 5.74) is 4.11. The zero-order valence-corrected chi connectivity index (χ0v) is 15.0. The Morgan fingerprint density at radius 3 is 3.07 bits per heavy atom. The minimum Gasteiger partial charge on any atom is -0.360 e. The second kappa shape index (κ2) is 5.69. The Labute approximate surface area is 157 Å². The van der Waals surface area contributed by atoms with Gasteiger partial charge in [0, 0.05) is 35.9 Å². The number of nitrogens with zero attached hydrogens (tertiary/aromatic N) is 7. The first-order chi connectivity index (χ1) is 13.3. The van der Waals surface area contributed by atoms with Gasteiger partial charge in [-0.1, -0.05) is 5.21 Å². The van der Waals surface area contributed by atoms with Crippen LogP contribution in [0.2, 0.25) is 0 Å². The van der Waals surface area contributed by atoms with E-state index in [9.17, 15) is 0 Å². The molecule has 0 spiro atoms. The third-order valence-corrected chi connectivity index (χ3v) is 5.93. The maximum Gasteiger partial charge on any atom is 0.221 e. The van der Waals surface area contributed by atoms with E-state index in [1.165, 1.54) is 9.58 Å². The lowest BCUT2D eigenvalue weighted by Crippen LogP contribution is -2.43. The number of aromatic nitrogens is 8. The molecule has 0 aliphatic carbocycles. The second-order valence-electron chi connectivity index (χ2n) is 6.64. The van der Waals surface area contributed by atoms with Crippen LogP contribution in [-0.2, 0) is 6.54 Å². The summed E-state index contributed by atoms with van der Waals surface area (Å²) in [6, 6.07) is 4.64. The van der Waals surface area contributed by atoms with Gasteiger partial charge in [-0.3, -0.25) is 4.68 Å². The highest BCUT2D eigenvalue weighted by molar-refractivity contribution is 7.19. The number of thiophene rings is 1. The van der Waals surface area contributed by atoms with Crippen LogP contribution < -0.4 is 5.32 Å². The smallest absolute Gasteiger partial charge is 0.221 e. The van der Waals surface area contributed by atoms with E-state index >= 15 is 0 Å². The summed E-state index contributed by atoms with van der Waals surface area (Å²) in [7, 11) is 0. The van der Waals surface area contributed by atoms with E-state index < -0.39 is 0 Å². The predicted octanol–water partition coefficient (Wildman–Crippen LogP) is 1.82. The van der Waals surface area contributed by atoms with Crippen LogP contribution in [0.5, 0.6) is 0 Å². The van der Waals surface area contributed by atoms with E-state index in [0.717, 1.165) is 29.9 Å². The molecule has 2 N–H and O–H groups in total. The SMILES string of the molecule is c1cc2sc(Cn3nnc4ncc(-c5cnn(C6CNC6)c5)nc43)cc2[nH]1. The number of rotatable bonds is 4. The molecular weight excluding hydrogens is 362 g/mol. The normalized spacial score (nSPS) is 15.0. The summed E-state index contributed by atoms with van der Waals surface area (Å²) in [6.07, 6.45) is 7.55. The minimum atomic E-state index is 0.422. The quantitative estimate of drug-likeness (QED) is 0.495. The van der Waals surface area contributed by atoms with Crippen molar-refractivity contribution < 1.29 is 0 Å². The molecule has 0 atom stereocenters. The van der Waals surface area contributed by atoms with Gasteiger partial charge in [0.15, 0.2) is 5.65 Å². The Kier molecular flexibility index (Phi) is 3.16. The first-order valence-corrected chi connectivity index (χ1v) is 9.52. The van der Waals surface area contributed by atoms with Crippen molar-refractivity contribution in [2.75, 3.05) is 13.1 Å². The van der Waals surface area contributed by atoms with E-state index in [4.69, 9.17) is 4.98 Å². The van der Waals surface area contributed by atoms with Crippen molar-refractivity contribution in [3.63, 3.8) is 0 Å². The molecule has 0 saturated carbocycles. The highest BCUT2D eigenvalue weighted by Crippen LogP contribution is 2.26. The lowest BCUT2D eigenvalue weighted by molar-refractivity contribution is 0.318. The molecule has 0 radical (unpaired) electrons. The highest BCUT2D eigenvalue weighted by atomic mass is 32.1. The van der Waals surface area contributed by atoms with E-state index in [1.54, 1.807) is 22.2 Å². The van der Waals surface area contributed by atoms with Gasteiger partial charge in [-0.15, -0.1) is 16.4 Å². The minimum absolute atomic E-state index is 0.422. The maximum atomic E-state index is 4.76. The molecular formula is C17H15N9S. The fraction of sp³-hybridized carbons (Fsp3) is 0.235. The molecule has 0 amide bonds. The average molecular weight is 377 g/mol. The third-order valence-electron chi connectivity index (χ3n) is 4.85. The summed E-state index contributed by atoms with van der Waals surface area (Å²) in [6.45, 7) is 2.53. The summed E-state index contributed by atoms with van der Waals surface area (Å²) in [5.74, 6) is 0. The van der Waals surface area contributed by atoms with Gasteiger partial charge in [0.2, 0.25) is 5.65 Å². The standard InChI is InChI=1S/C17H15N9S/c1-2-19-13-3-12(27-15(1)13)9-26-17-16(23-24-26)20-7-14(22-17)10-4-21-25(8-10)11-5-18-6-11/h1-4,7-8,11,18-19H,5-6,9H2. The third kappa shape index (κ3) is 2.45. The lowest BCUT2D eigenvalue weighted by Gasteiger charge is -2.27. The number of H-pyrrole nitrogens is 1. The zero-order valence-electron chi connectivity index (χ0n) is 14.2. The van der Waals surface area contributed by atoms with Gasteiger partial charge in [-0.2, -0.15) is 5.10 Å². The van der Waals surface area contributed by atoms with Crippen molar-refractivity contribution in [1.29, 1.82) is 0 Å². The first-order valence-electron chi connectivity index (χ1n) is 8.71. The molecule has 1 saturated heterocycles. The van der Waals surface area contributed by atoms with E-state index in [1.807, 2.05) is 23.3 Å². The molecule has 0 aromatic carbocycles. The Morgan fingerprint density at radius 1 is 1.26 bits per heavy atom. The Balaban J connectivity index is 1.35. The molecule has 27 heavy (non-hydrogen) atoms. The highest BCUT2D eigenvalue weighted by Gasteiger charge is 2.20. The topological polar surface area (TPSA) is 102 Å². The monoisotopic (exact) mass is 377 g/mol. The van der Waals surface area contributed by atoms with Gasteiger partial charge in [0.1, 0.15) is 0 Å². The molecule has 9 nitrogen and oxygen atoms in total. The Hall–Kier alpha value is -3.11. The second-order valence-corrected chi connectivity index (χ2v) is 7.81. The van der Waals surface area contributed by atoms with Crippen LogP contribution in [0.25, 0.3) is 32.8 Å². The fourth-order valence-corrected chi connectivity index (χ4v) is 4.27. The predicted molar refractivity (Wildman–Crippen MR) is 102 cm³/mol. The fourth-order valence-electron chi connectivity index (χ4n) is 3.26. The summed E-state index contributed by atoms with van der Waals surface area (Å²) < 4.78 is 5.02. The van der Waals surface area contributed by atoms with Gasteiger partial charge >= 0.3 is 0 Å². The number of hydrogen-bond donors (Lipinski definition) is 2. The number of nitrogens with one attached hydrogen (secondary N) is 2. The largest absolute Gasteiger partial charge is 0.360 e. The van der Waals surface area contributed by atoms with Crippen molar-refractivity contribution in [2.45, 2.75) is 12.6 Å². The molecule has 6 heterocycles. The number of fused-ring (bicyclic) bond motifs is 2. The van der Waals surface area contributed by atoms with Crippen LogP contribution in [0, 0.1) is 0 Å². The van der Waals surface area contributed by atoms with Crippen LogP contribution in [0.3, 0.4) is 0 Å². The molecule has 1 aliphatic heterocycles. The van der Waals surface area contributed by atoms with Crippen molar-refractivity contribution in [1.82, 2.24) is 45.0 Å². The molecule has 5 aromatic rings. The Bertz CT molecular complexity index is 1230. The summed E-state index contributed by atoms with van der Waals surface area (Å²) in [5, 5.41) is 16.1. The van der Waals surface area contributed by atoms with E-state index in [2.05, 4.69) is 42.8 Å². The summed E-state index contributed by atoms with van der Waals surface area (Å²) in [4.78, 5) is 13.6. The van der Waals surface area contributed by atoms with Crippen molar-refractivity contribution >= 4 is 32.8 Å². The zero-order chi connectivity index (χ0) is 17.8. The van der Waals surface area contributed by atoms with Crippen molar-refractivity contribution in [2.24, 2.45) is 0 Å². The average Bonchev–Trinajstić information content (AvgIpc) is 3.37. The molecule has 1 aliphatic rings. The Morgan fingerprint density at radius 2 is 2.22 bits per heavy atom. The van der Waals surface area contributed by atoms with Crippen LogP contribution in [0.1, 0.15) is 10.9 Å². The van der Waals surface area contributed by atoms with E-state index in [-0.39, 0.29) is 0 Å². The molecule has 0 bridgehead atoms. The first kappa shape index (κ1) is 15.0. The summed E-state index contributed by atoms with van der Waals surface area (Å²) >= 11 is 1.74. The van der Waals surface area contributed by atoms with Crippen LogP contribution in [0.15, 0.2) is 36.9 Å². The maximum absolute atomic E-state index is 4.76. The molecule has 6 rings (SSSR count). The molecule has 5 aromatic heterocycles. The van der Waals surface area contributed by atoms with Gasteiger partial charge in [0.25, 0.3) is 0 Å². The van der Waals surface area contributed by atoms with Gasteiger partial charge in [-0.05, 0) is 12.1 Å². The van der Waals surface area contributed by atoms with Crippen molar-refractivity contribution in [3.05, 3.63) is 41.8 Å². The van der Waals surface area contributed by atoms with Crippen LogP contribution in [0.4, 0.5) is 0 Å². The molecule has 0 unspecified atom stereocenters. The number of hydrogen-bond acceptors (Lipinski definition) is 7. The van der Waals surface area contributed by atoms with Crippen molar-refractivity contribution in [3.8, 4) is 11.3 Å². The molecule has 134 valence electrons. The van der Waals surface area contributed by atoms with Crippen LogP contribution in [-0.4, -0.2) is 52.8 Å². The van der Waals surface area contributed by atoms with Gasteiger partial charge in [-0.25, -0.2) is 14.6 Å². The van der Waals surface area contributed by atoms with Gasteiger partial charge in [0.05, 0.1) is 40.9 Å². The molecule has 1 fully saturated rings. The van der Waals surface area contributed by atoms with E-state index in [0.29, 0.717) is 23.9 Å². The van der Waals surface area contributed by atoms with Gasteiger partial charge < -0.3 is 10.3 Å². The number of aromatic amines is 1. The van der Waals surface area contributed by atoms with Crippen LogP contribution >= 0.6 is 11.3 Å². The lowest BCUT2D eigenvalue weighted by atomic mass is 10.2. The molecule has 10 heteroatoms.